The SMILES string of the molecule is C[C@@H]1CC[C@@H](O)CN1C(C)(C)CC(=O)O. The largest absolute Gasteiger partial charge is 0.481 e. The number of β-amino-alcohol motifs (C(OH)–C–C–N with tert-alkyl or cyclic N) is 1. The Morgan fingerprint density at radius 3 is 2.60 bits per heavy atom. The van der Waals surface area contributed by atoms with Crippen LogP contribution in [0, 0.1) is 0 Å². The molecule has 88 valence electrons. The molecule has 4 heteroatoms. The zero-order valence-corrected chi connectivity index (χ0v) is 9.73. The Kier molecular flexibility index (Phi) is 3.73. The molecule has 0 aromatic heterocycles. The molecule has 0 saturated carbocycles. The van der Waals surface area contributed by atoms with Gasteiger partial charge in [0.2, 0.25) is 0 Å². The molecule has 0 radical (unpaired) electrons. The van der Waals surface area contributed by atoms with Gasteiger partial charge in [-0.05, 0) is 33.6 Å². The van der Waals surface area contributed by atoms with Crippen LogP contribution in [0.25, 0.3) is 0 Å². The second-order valence-electron chi connectivity index (χ2n) is 5.12. The van der Waals surface area contributed by atoms with Crippen molar-refractivity contribution in [1.29, 1.82) is 0 Å². The van der Waals surface area contributed by atoms with Crippen LogP contribution in [-0.4, -0.2) is 45.3 Å². The van der Waals surface area contributed by atoms with Crippen LogP contribution in [0.15, 0.2) is 0 Å². The van der Waals surface area contributed by atoms with Crippen LogP contribution >= 0.6 is 0 Å². The lowest BCUT2D eigenvalue weighted by Crippen LogP contribution is -2.55. The first-order chi connectivity index (χ1) is 6.83. The highest BCUT2D eigenvalue weighted by molar-refractivity contribution is 5.68. The van der Waals surface area contributed by atoms with Gasteiger partial charge in [-0.25, -0.2) is 0 Å². The summed E-state index contributed by atoms with van der Waals surface area (Å²) in [6.45, 7) is 6.53. The summed E-state index contributed by atoms with van der Waals surface area (Å²) in [5.41, 5.74) is -0.382. The molecule has 1 aliphatic heterocycles. The molecule has 1 heterocycles. The normalized spacial score (nSPS) is 29.1. The third-order valence-corrected chi connectivity index (χ3v) is 3.22. The monoisotopic (exact) mass is 215 g/mol. The second-order valence-corrected chi connectivity index (χ2v) is 5.12. The van der Waals surface area contributed by atoms with E-state index in [4.69, 9.17) is 5.11 Å². The Hall–Kier alpha value is -0.610. The topological polar surface area (TPSA) is 60.8 Å². The predicted molar refractivity (Wildman–Crippen MR) is 57.7 cm³/mol. The number of carboxylic acid groups (broad SMARTS) is 1. The number of carbonyl (C=O) groups is 1. The Morgan fingerprint density at radius 2 is 2.07 bits per heavy atom. The van der Waals surface area contributed by atoms with E-state index in [1.54, 1.807) is 0 Å². The highest BCUT2D eigenvalue weighted by Gasteiger charge is 2.36. The van der Waals surface area contributed by atoms with E-state index >= 15 is 0 Å². The molecule has 4 nitrogen and oxygen atoms in total. The van der Waals surface area contributed by atoms with Crippen LogP contribution in [-0.2, 0) is 4.79 Å². The van der Waals surface area contributed by atoms with Gasteiger partial charge in [-0.3, -0.25) is 9.69 Å². The molecule has 15 heavy (non-hydrogen) atoms. The Bertz CT molecular complexity index is 240. The van der Waals surface area contributed by atoms with Crippen molar-refractivity contribution >= 4 is 5.97 Å². The van der Waals surface area contributed by atoms with Crippen LogP contribution in [0.1, 0.15) is 40.0 Å². The van der Waals surface area contributed by atoms with Gasteiger partial charge in [-0.15, -0.1) is 0 Å². The molecule has 0 aliphatic carbocycles. The Morgan fingerprint density at radius 1 is 1.47 bits per heavy atom. The number of nitrogens with zero attached hydrogens (tertiary/aromatic N) is 1. The average Bonchev–Trinajstić information content (AvgIpc) is 2.06. The van der Waals surface area contributed by atoms with Crippen LogP contribution < -0.4 is 0 Å². The van der Waals surface area contributed by atoms with E-state index in [1.807, 2.05) is 13.8 Å². The summed E-state index contributed by atoms with van der Waals surface area (Å²) < 4.78 is 0. The second kappa shape index (κ2) is 4.49. The Labute approximate surface area is 90.9 Å². The van der Waals surface area contributed by atoms with Crippen molar-refractivity contribution in [2.45, 2.75) is 57.7 Å². The van der Waals surface area contributed by atoms with Gasteiger partial charge in [0, 0.05) is 18.1 Å². The average molecular weight is 215 g/mol. The summed E-state index contributed by atoms with van der Waals surface area (Å²) in [4.78, 5) is 12.9. The van der Waals surface area contributed by atoms with Gasteiger partial charge >= 0.3 is 5.97 Å². The summed E-state index contributed by atoms with van der Waals surface area (Å²) >= 11 is 0. The quantitative estimate of drug-likeness (QED) is 0.739. The fraction of sp³-hybridized carbons (Fsp3) is 0.909. The van der Waals surface area contributed by atoms with Crippen molar-refractivity contribution in [2.24, 2.45) is 0 Å². The molecule has 0 aromatic rings. The van der Waals surface area contributed by atoms with Crippen molar-refractivity contribution in [3.8, 4) is 0 Å². The van der Waals surface area contributed by atoms with E-state index in [-0.39, 0.29) is 18.1 Å². The molecule has 2 atom stereocenters. The molecule has 2 N–H and O–H groups in total. The number of likely N-dealkylation sites (tertiary alicyclic amines) is 1. The highest BCUT2D eigenvalue weighted by Crippen LogP contribution is 2.28. The van der Waals surface area contributed by atoms with Crippen molar-refractivity contribution in [3.05, 3.63) is 0 Å². The first-order valence-electron chi connectivity index (χ1n) is 5.49. The molecule has 1 fully saturated rings. The maximum absolute atomic E-state index is 10.8. The number of piperidine rings is 1. The molecule has 0 aromatic carbocycles. The van der Waals surface area contributed by atoms with E-state index in [2.05, 4.69) is 11.8 Å². The van der Waals surface area contributed by atoms with E-state index in [0.29, 0.717) is 12.6 Å². The standard InChI is InChI=1S/C11H21NO3/c1-8-4-5-9(13)7-12(8)11(2,3)6-10(14)15/h8-9,13H,4-7H2,1-3H3,(H,14,15)/t8-,9-/m1/s1. The fourth-order valence-electron chi connectivity index (χ4n) is 2.40. The highest BCUT2D eigenvalue weighted by atomic mass is 16.4. The summed E-state index contributed by atoms with van der Waals surface area (Å²) in [6.07, 6.45) is 1.56. The number of rotatable bonds is 3. The summed E-state index contributed by atoms with van der Waals surface area (Å²) in [6, 6.07) is 0.350. The zero-order chi connectivity index (χ0) is 11.6. The van der Waals surface area contributed by atoms with Crippen molar-refractivity contribution in [3.63, 3.8) is 0 Å². The molecule has 0 bridgehead atoms. The molecule has 0 amide bonds. The molecule has 1 rings (SSSR count). The van der Waals surface area contributed by atoms with E-state index in [0.717, 1.165) is 12.8 Å². The summed E-state index contributed by atoms with van der Waals surface area (Å²) in [5, 5.41) is 18.4. The Balaban J connectivity index is 2.70. The van der Waals surface area contributed by atoms with Gasteiger partial charge in [0.05, 0.1) is 12.5 Å². The maximum atomic E-state index is 10.8. The smallest absolute Gasteiger partial charge is 0.305 e. The van der Waals surface area contributed by atoms with Crippen LogP contribution in [0.5, 0.6) is 0 Å². The molecule has 0 unspecified atom stereocenters. The molecule has 0 spiro atoms. The van der Waals surface area contributed by atoms with Crippen LogP contribution in [0.3, 0.4) is 0 Å². The number of aliphatic carboxylic acids is 1. The first kappa shape index (κ1) is 12.5. The molecular formula is C11H21NO3. The maximum Gasteiger partial charge on any atom is 0.305 e. The van der Waals surface area contributed by atoms with Crippen molar-refractivity contribution in [2.75, 3.05) is 6.54 Å². The molecular weight excluding hydrogens is 194 g/mol. The van der Waals surface area contributed by atoms with E-state index < -0.39 is 5.97 Å². The number of carboxylic acids is 1. The van der Waals surface area contributed by atoms with E-state index in [9.17, 15) is 9.90 Å². The minimum Gasteiger partial charge on any atom is -0.481 e. The lowest BCUT2D eigenvalue weighted by atomic mass is 9.90. The number of hydrogen-bond donors (Lipinski definition) is 2. The van der Waals surface area contributed by atoms with Gasteiger partial charge in [0.1, 0.15) is 0 Å². The summed E-state index contributed by atoms with van der Waals surface area (Å²) in [5.74, 6) is -0.785. The summed E-state index contributed by atoms with van der Waals surface area (Å²) in [7, 11) is 0. The fourth-order valence-corrected chi connectivity index (χ4v) is 2.40. The van der Waals surface area contributed by atoms with Gasteiger partial charge in [-0.2, -0.15) is 0 Å². The molecule has 1 saturated heterocycles. The minimum atomic E-state index is -0.785. The lowest BCUT2D eigenvalue weighted by Gasteiger charge is -2.46. The van der Waals surface area contributed by atoms with Crippen molar-refractivity contribution in [1.82, 2.24) is 4.90 Å². The lowest BCUT2D eigenvalue weighted by molar-refractivity contribution is -0.141. The van der Waals surface area contributed by atoms with Gasteiger partial charge in [0.15, 0.2) is 0 Å². The van der Waals surface area contributed by atoms with Crippen LogP contribution in [0.2, 0.25) is 0 Å². The number of aliphatic hydroxyl groups is 1. The third-order valence-electron chi connectivity index (χ3n) is 3.22. The van der Waals surface area contributed by atoms with Gasteiger partial charge < -0.3 is 10.2 Å². The first-order valence-corrected chi connectivity index (χ1v) is 5.49. The van der Waals surface area contributed by atoms with Gasteiger partial charge in [-0.1, -0.05) is 0 Å². The molecule has 1 aliphatic rings. The van der Waals surface area contributed by atoms with Crippen LogP contribution in [0.4, 0.5) is 0 Å². The van der Waals surface area contributed by atoms with Gasteiger partial charge in [0.25, 0.3) is 0 Å². The van der Waals surface area contributed by atoms with Crippen molar-refractivity contribution < 1.29 is 15.0 Å². The predicted octanol–water partition coefficient (Wildman–Crippen LogP) is 1.08. The van der Waals surface area contributed by atoms with E-state index in [1.165, 1.54) is 0 Å². The third kappa shape index (κ3) is 3.18. The minimum absolute atomic E-state index is 0.115. The zero-order valence-electron chi connectivity index (χ0n) is 9.73. The number of aliphatic hydroxyl groups excluding tert-OH is 1. The number of hydrogen-bond acceptors (Lipinski definition) is 3.